The van der Waals surface area contributed by atoms with Crippen molar-refractivity contribution < 1.29 is 9.53 Å². The van der Waals surface area contributed by atoms with E-state index in [2.05, 4.69) is 48.8 Å². The van der Waals surface area contributed by atoms with Crippen LogP contribution in [-0.2, 0) is 20.5 Å². The molecule has 0 radical (unpaired) electrons. The van der Waals surface area contributed by atoms with Gasteiger partial charge in [-0.2, -0.15) is 4.98 Å². The fraction of sp³-hybridized carbons (Fsp3) is 0.250. The molecule has 3 rings (SSSR count). The highest BCUT2D eigenvalue weighted by Gasteiger charge is 2.13. The first-order valence-electron chi connectivity index (χ1n) is 9.03. The van der Waals surface area contributed by atoms with Gasteiger partial charge >= 0.3 is 0 Å². The number of halogens is 1. The number of hydrogen-bond donors (Lipinski definition) is 2. The smallest absolute Gasteiger partial charge is 0.250 e. The Bertz CT molecular complexity index is 908. The third kappa shape index (κ3) is 6.94. The Morgan fingerprint density at radius 3 is 2.76 bits per heavy atom. The fourth-order valence-electron chi connectivity index (χ4n) is 2.66. The van der Waals surface area contributed by atoms with Gasteiger partial charge in [0.15, 0.2) is 0 Å². The van der Waals surface area contributed by atoms with Crippen LogP contribution in [0.2, 0.25) is 0 Å². The number of nitrogen functional groups attached to an aromatic ring is 1. The summed E-state index contributed by atoms with van der Waals surface area (Å²) < 4.78 is 6.35. The molecule has 9 heteroatoms. The number of nitrogens with one attached hydrogen (secondary N) is 1. The van der Waals surface area contributed by atoms with Crippen molar-refractivity contribution in [2.24, 2.45) is 0 Å². The minimum atomic E-state index is -0.181. The molecule has 2 aromatic heterocycles. The molecule has 1 amide bonds. The van der Waals surface area contributed by atoms with Crippen LogP contribution in [0.15, 0.2) is 53.9 Å². The van der Waals surface area contributed by atoms with E-state index in [9.17, 15) is 4.79 Å². The van der Waals surface area contributed by atoms with Crippen molar-refractivity contribution in [1.29, 1.82) is 0 Å². The molecule has 0 bridgehead atoms. The number of aromatic nitrogens is 2. The van der Waals surface area contributed by atoms with Crippen molar-refractivity contribution in [3.8, 4) is 0 Å². The second kappa shape index (κ2) is 11.1. The van der Waals surface area contributed by atoms with Crippen LogP contribution in [0.5, 0.6) is 0 Å². The minimum Gasteiger partial charge on any atom is -0.370 e. The molecule has 0 fully saturated rings. The molecule has 0 aliphatic carbocycles. The standard InChI is InChI=1S/C20H22IN5O2S/c21-12-16-11-18(25-20(22)24-16)26(13-17-7-4-10-29-17)8-9-28-14-19(27)23-15-5-2-1-3-6-15/h1-7,10-11H,8-9,12-14H2,(H,23,27)(H2,22,24,25). The summed E-state index contributed by atoms with van der Waals surface area (Å²) in [6.07, 6.45) is 0. The van der Waals surface area contributed by atoms with E-state index in [4.69, 9.17) is 10.5 Å². The molecule has 0 spiro atoms. The lowest BCUT2D eigenvalue weighted by molar-refractivity contribution is -0.120. The van der Waals surface area contributed by atoms with Gasteiger partial charge in [0.2, 0.25) is 11.9 Å². The molecule has 0 saturated carbocycles. The quantitative estimate of drug-likeness (QED) is 0.239. The van der Waals surface area contributed by atoms with Crippen LogP contribution in [0, 0.1) is 0 Å². The number of para-hydroxylation sites is 1. The number of thiophene rings is 1. The maximum atomic E-state index is 12.0. The lowest BCUT2D eigenvalue weighted by Crippen LogP contribution is -2.29. The van der Waals surface area contributed by atoms with Gasteiger partial charge < -0.3 is 20.7 Å². The second-order valence-corrected chi connectivity index (χ2v) is 7.97. The fourth-order valence-corrected chi connectivity index (χ4v) is 3.77. The van der Waals surface area contributed by atoms with Crippen molar-refractivity contribution in [2.75, 3.05) is 35.7 Å². The van der Waals surface area contributed by atoms with E-state index >= 15 is 0 Å². The molecule has 2 heterocycles. The van der Waals surface area contributed by atoms with Gasteiger partial charge in [-0.15, -0.1) is 11.3 Å². The van der Waals surface area contributed by atoms with Gasteiger partial charge in [0.1, 0.15) is 12.4 Å². The Morgan fingerprint density at radius 2 is 2.03 bits per heavy atom. The van der Waals surface area contributed by atoms with Crippen molar-refractivity contribution >= 4 is 57.3 Å². The summed E-state index contributed by atoms with van der Waals surface area (Å²) >= 11 is 3.93. The number of anilines is 3. The molecule has 29 heavy (non-hydrogen) atoms. The van der Waals surface area contributed by atoms with Crippen molar-refractivity contribution in [3.63, 3.8) is 0 Å². The first-order valence-corrected chi connectivity index (χ1v) is 11.4. The monoisotopic (exact) mass is 523 g/mol. The third-order valence-electron chi connectivity index (χ3n) is 3.97. The number of hydrogen-bond acceptors (Lipinski definition) is 7. The Kier molecular flexibility index (Phi) is 8.20. The van der Waals surface area contributed by atoms with E-state index in [-0.39, 0.29) is 18.5 Å². The Balaban J connectivity index is 1.57. The molecule has 1 aromatic carbocycles. The number of alkyl halides is 1. The number of benzene rings is 1. The van der Waals surface area contributed by atoms with E-state index < -0.39 is 0 Å². The zero-order valence-electron chi connectivity index (χ0n) is 15.8. The Hall–Kier alpha value is -2.24. The average molecular weight is 523 g/mol. The summed E-state index contributed by atoms with van der Waals surface area (Å²) in [5, 5.41) is 4.85. The van der Waals surface area contributed by atoms with E-state index in [1.165, 1.54) is 4.88 Å². The Morgan fingerprint density at radius 1 is 1.21 bits per heavy atom. The second-order valence-electron chi connectivity index (χ2n) is 6.18. The van der Waals surface area contributed by atoms with Gasteiger partial charge in [0.25, 0.3) is 0 Å². The largest absolute Gasteiger partial charge is 0.370 e. The molecule has 3 N–H and O–H groups in total. The number of nitrogens with two attached hydrogens (primary N) is 1. The summed E-state index contributed by atoms with van der Waals surface area (Å²) in [5.74, 6) is 0.836. The molecule has 0 aliphatic rings. The normalized spacial score (nSPS) is 10.7. The van der Waals surface area contributed by atoms with Crippen molar-refractivity contribution in [1.82, 2.24) is 9.97 Å². The number of amides is 1. The van der Waals surface area contributed by atoms with Gasteiger partial charge in [-0.3, -0.25) is 4.79 Å². The van der Waals surface area contributed by atoms with Crippen LogP contribution >= 0.6 is 33.9 Å². The van der Waals surface area contributed by atoms with Crippen molar-refractivity contribution in [2.45, 2.75) is 11.0 Å². The number of nitrogens with zero attached hydrogens (tertiary/aromatic N) is 3. The summed E-state index contributed by atoms with van der Waals surface area (Å²) in [7, 11) is 0. The molecule has 0 aliphatic heterocycles. The predicted molar refractivity (Wildman–Crippen MR) is 125 cm³/mol. The number of carbonyl (C=O) groups excluding carboxylic acids is 1. The van der Waals surface area contributed by atoms with E-state index in [0.717, 1.165) is 21.6 Å². The maximum Gasteiger partial charge on any atom is 0.250 e. The van der Waals surface area contributed by atoms with Crippen LogP contribution in [0.1, 0.15) is 10.6 Å². The number of ether oxygens (including phenoxy) is 1. The third-order valence-corrected chi connectivity index (χ3v) is 5.61. The van der Waals surface area contributed by atoms with Crippen LogP contribution in [0.25, 0.3) is 0 Å². The topological polar surface area (TPSA) is 93.4 Å². The van der Waals surface area contributed by atoms with Gasteiger partial charge in [-0.25, -0.2) is 4.98 Å². The molecular formula is C20H22IN5O2S. The molecular weight excluding hydrogens is 501 g/mol. The molecule has 0 unspecified atom stereocenters. The first kappa shape index (κ1) is 21.5. The van der Waals surface area contributed by atoms with Crippen LogP contribution in [0.4, 0.5) is 17.5 Å². The highest BCUT2D eigenvalue weighted by atomic mass is 127. The summed E-state index contributed by atoms with van der Waals surface area (Å²) in [6.45, 7) is 1.64. The molecule has 0 saturated heterocycles. The van der Waals surface area contributed by atoms with E-state index in [1.54, 1.807) is 11.3 Å². The van der Waals surface area contributed by atoms with Crippen LogP contribution < -0.4 is 16.0 Å². The summed E-state index contributed by atoms with van der Waals surface area (Å²) in [6, 6.07) is 15.4. The van der Waals surface area contributed by atoms with E-state index in [1.807, 2.05) is 47.8 Å². The average Bonchev–Trinajstić information content (AvgIpc) is 3.23. The maximum absolute atomic E-state index is 12.0. The summed E-state index contributed by atoms with van der Waals surface area (Å²) in [5.41, 5.74) is 7.52. The van der Waals surface area contributed by atoms with E-state index in [0.29, 0.717) is 19.7 Å². The zero-order valence-corrected chi connectivity index (χ0v) is 18.7. The van der Waals surface area contributed by atoms with Crippen LogP contribution in [-0.4, -0.2) is 35.6 Å². The molecule has 0 atom stereocenters. The van der Waals surface area contributed by atoms with Gasteiger partial charge in [0.05, 0.1) is 18.8 Å². The zero-order chi connectivity index (χ0) is 20.5. The highest BCUT2D eigenvalue weighted by Crippen LogP contribution is 2.20. The predicted octanol–water partition coefficient (Wildman–Crippen LogP) is 3.72. The number of rotatable bonds is 10. The highest BCUT2D eigenvalue weighted by molar-refractivity contribution is 14.1. The van der Waals surface area contributed by atoms with Gasteiger partial charge in [0, 0.05) is 27.6 Å². The van der Waals surface area contributed by atoms with Gasteiger partial charge in [-0.05, 0) is 23.6 Å². The lowest BCUT2D eigenvalue weighted by Gasteiger charge is -2.23. The SMILES string of the molecule is Nc1nc(CI)cc(N(CCOCC(=O)Nc2ccccc2)Cc2cccs2)n1. The molecule has 3 aromatic rings. The lowest BCUT2D eigenvalue weighted by atomic mass is 10.3. The molecule has 7 nitrogen and oxygen atoms in total. The number of carbonyl (C=O) groups is 1. The first-order chi connectivity index (χ1) is 14.1. The Labute approximate surface area is 187 Å². The van der Waals surface area contributed by atoms with Crippen LogP contribution in [0.3, 0.4) is 0 Å². The summed E-state index contributed by atoms with van der Waals surface area (Å²) in [4.78, 5) is 24.0. The van der Waals surface area contributed by atoms with Crippen molar-refractivity contribution in [3.05, 3.63) is 64.5 Å². The molecule has 152 valence electrons. The minimum absolute atomic E-state index is 0.00729. The van der Waals surface area contributed by atoms with Gasteiger partial charge in [-0.1, -0.05) is 46.9 Å².